The fourth-order valence-electron chi connectivity index (χ4n) is 1.60. The van der Waals surface area contributed by atoms with Crippen molar-refractivity contribution < 1.29 is 4.79 Å². The molecule has 0 bridgehead atoms. The molecule has 1 aromatic heterocycles. The maximum Gasteiger partial charge on any atom is 0.166 e. The first kappa shape index (κ1) is 9.71. The lowest BCUT2D eigenvalue weighted by Crippen LogP contribution is -1.98. The van der Waals surface area contributed by atoms with Crippen molar-refractivity contribution in [2.75, 3.05) is 0 Å². The van der Waals surface area contributed by atoms with Crippen LogP contribution in [0, 0.1) is 13.8 Å². The Morgan fingerprint density at radius 1 is 1.13 bits per heavy atom. The Morgan fingerprint density at radius 2 is 1.93 bits per heavy atom. The molecule has 2 aromatic rings. The normalized spacial score (nSPS) is 10.3. The van der Waals surface area contributed by atoms with Crippen molar-refractivity contribution >= 4 is 6.29 Å². The predicted octanol–water partition coefficient (Wildman–Crippen LogP) is 2.91. The van der Waals surface area contributed by atoms with Crippen LogP contribution in [0.3, 0.4) is 0 Å². The molecule has 76 valence electrons. The zero-order chi connectivity index (χ0) is 10.8. The van der Waals surface area contributed by atoms with Gasteiger partial charge in [-0.3, -0.25) is 4.79 Å². The summed E-state index contributed by atoms with van der Waals surface area (Å²) >= 11 is 0. The average Bonchev–Trinajstić information content (AvgIpc) is 2.70. The van der Waals surface area contributed by atoms with E-state index in [0.717, 1.165) is 12.0 Å². The van der Waals surface area contributed by atoms with Crippen LogP contribution < -0.4 is 0 Å². The first-order valence-electron chi connectivity index (χ1n) is 4.92. The van der Waals surface area contributed by atoms with E-state index in [1.807, 2.05) is 29.0 Å². The van der Waals surface area contributed by atoms with Crippen LogP contribution in [0.2, 0.25) is 0 Å². The summed E-state index contributed by atoms with van der Waals surface area (Å²) in [5, 5.41) is 0. The van der Waals surface area contributed by atoms with Crippen LogP contribution >= 0.6 is 0 Å². The number of benzene rings is 1. The molecule has 1 heterocycles. The zero-order valence-corrected chi connectivity index (χ0v) is 8.90. The molecule has 2 heteroatoms. The van der Waals surface area contributed by atoms with Crippen LogP contribution in [0.15, 0.2) is 36.5 Å². The molecule has 0 N–H and O–H groups in total. The van der Waals surface area contributed by atoms with Gasteiger partial charge in [0.15, 0.2) is 6.29 Å². The van der Waals surface area contributed by atoms with Crippen LogP contribution in [-0.4, -0.2) is 10.9 Å². The van der Waals surface area contributed by atoms with Gasteiger partial charge in [0.25, 0.3) is 0 Å². The fraction of sp³-hybridized carbons (Fsp3) is 0.154. The van der Waals surface area contributed by atoms with Gasteiger partial charge in [-0.15, -0.1) is 0 Å². The summed E-state index contributed by atoms with van der Waals surface area (Å²) in [5.41, 5.74) is 4.21. The highest BCUT2D eigenvalue weighted by Gasteiger charge is 2.02. The number of nitrogens with zero attached hydrogens (tertiary/aromatic N) is 1. The van der Waals surface area contributed by atoms with E-state index in [1.54, 1.807) is 0 Å². The van der Waals surface area contributed by atoms with Crippen molar-refractivity contribution in [3.8, 4) is 5.69 Å². The van der Waals surface area contributed by atoms with Crippen molar-refractivity contribution in [1.82, 2.24) is 4.57 Å². The molecule has 0 amide bonds. The summed E-state index contributed by atoms with van der Waals surface area (Å²) < 4.78 is 1.89. The molecule has 0 unspecified atom stereocenters. The van der Waals surface area contributed by atoms with Gasteiger partial charge in [-0.1, -0.05) is 6.07 Å². The Morgan fingerprint density at radius 3 is 2.60 bits per heavy atom. The van der Waals surface area contributed by atoms with Crippen LogP contribution in [-0.2, 0) is 0 Å². The Balaban J connectivity index is 2.54. The van der Waals surface area contributed by atoms with Crippen molar-refractivity contribution in [3.05, 3.63) is 53.3 Å². The molecular formula is C13H13NO. The summed E-state index contributed by atoms with van der Waals surface area (Å²) in [6.07, 6.45) is 2.77. The molecule has 0 aliphatic carbocycles. The largest absolute Gasteiger partial charge is 0.314 e. The van der Waals surface area contributed by atoms with Gasteiger partial charge in [0.05, 0.1) is 5.69 Å². The van der Waals surface area contributed by atoms with Gasteiger partial charge < -0.3 is 4.57 Å². The second kappa shape index (κ2) is 3.73. The molecule has 0 saturated heterocycles. The number of rotatable bonds is 2. The summed E-state index contributed by atoms with van der Waals surface area (Å²) in [5.74, 6) is 0. The second-order valence-corrected chi connectivity index (χ2v) is 3.69. The molecule has 1 aromatic carbocycles. The van der Waals surface area contributed by atoms with Crippen molar-refractivity contribution in [3.63, 3.8) is 0 Å². The van der Waals surface area contributed by atoms with Crippen LogP contribution in [0.25, 0.3) is 5.69 Å². The minimum Gasteiger partial charge on any atom is -0.314 e. The third-order valence-corrected chi connectivity index (χ3v) is 2.67. The molecule has 0 aliphatic rings. The molecular weight excluding hydrogens is 186 g/mol. The van der Waals surface area contributed by atoms with Crippen molar-refractivity contribution in [2.24, 2.45) is 0 Å². The fourth-order valence-corrected chi connectivity index (χ4v) is 1.60. The molecule has 0 radical (unpaired) electrons. The molecule has 0 spiro atoms. The standard InChI is InChI=1S/C13H13NO/c1-10-5-6-12(8-11(10)2)14-7-3-4-13(14)9-15/h3-9H,1-2H3. The highest BCUT2D eigenvalue weighted by molar-refractivity contribution is 5.73. The predicted molar refractivity (Wildman–Crippen MR) is 60.6 cm³/mol. The number of carbonyl (C=O) groups is 1. The van der Waals surface area contributed by atoms with Crippen molar-refractivity contribution in [1.29, 1.82) is 0 Å². The van der Waals surface area contributed by atoms with Gasteiger partial charge >= 0.3 is 0 Å². The maximum atomic E-state index is 10.8. The third-order valence-electron chi connectivity index (χ3n) is 2.67. The number of aryl methyl sites for hydroxylation is 2. The van der Waals surface area contributed by atoms with E-state index in [1.165, 1.54) is 11.1 Å². The van der Waals surface area contributed by atoms with Crippen LogP contribution in [0.1, 0.15) is 21.6 Å². The summed E-state index contributed by atoms with van der Waals surface area (Å²) in [6.45, 7) is 4.15. The quantitative estimate of drug-likeness (QED) is 0.681. The number of hydrogen-bond donors (Lipinski definition) is 0. The van der Waals surface area contributed by atoms with E-state index in [9.17, 15) is 4.79 Å². The van der Waals surface area contributed by atoms with E-state index in [0.29, 0.717) is 5.69 Å². The first-order valence-corrected chi connectivity index (χ1v) is 4.92. The van der Waals surface area contributed by atoms with Gasteiger partial charge in [0, 0.05) is 11.9 Å². The summed E-state index contributed by atoms with van der Waals surface area (Å²) in [7, 11) is 0. The number of aldehydes is 1. The maximum absolute atomic E-state index is 10.8. The highest BCUT2D eigenvalue weighted by Crippen LogP contribution is 2.15. The monoisotopic (exact) mass is 199 g/mol. The van der Waals surface area contributed by atoms with Gasteiger partial charge in [0.1, 0.15) is 0 Å². The summed E-state index contributed by atoms with van der Waals surface area (Å²) in [6, 6.07) is 9.86. The highest BCUT2D eigenvalue weighted by atomic mass is 16.1. The van der Waals surface area contributed by atoms with Gasteiger partial charge in [-0.05, 0) is 49.2 Å². The third kappa shape index (κ3) is 1.71. The van der Waals surface area contributed by atoms with E-state index in [-0.39, 0.29) is 0 Å². The average molecular weight is 199 g/mol. The number of carbonyl (C=O) groups excluding carboxylic acids is 1. The van der Waals surface area contributed by atoms with E-state index >= 15 is 0 Å². The lowest BCUT2D eigenvalue weighted by Gasteiger charge is -2.07. The topological polar surface area (TPSA) is 22.0 Å². The number of aromatic nitrogens is 1. The Kier molecular flexibility index (Phi) is 2.42. The first-order chi connectivity index (χ1) is 7.22. The SMILES string of the molecule is Cc1ccc(-n2cccc2C=O)cc1C. The molecule has 0 fully saturated rings. The van der Waals surface area contributed by atoms with E-state index < -0.39 is 0 Å². The lowest BCUT2D eigenvalue weighted by molar-refractivity contribution is 0.111. The van der Waals surface area contributed by atoms with E-state index in [4.69, 9.17) is 0 Å². The number of hydrogen-bond acceptors (Lipinski definition) is 1. The zero-order valence-electron chi connectivity index (χ0n) is 8.90. The molecule has 2 rings (SSSR count). The summed E-state index contributed by atoms with van der Waals surface area (Å²) in [4.78, 5) is 10.8. The van der Waals surface area contributed by atoms with Gasteiger partial charge in [0.2, 0.25) is 0 Å². The minimum atomic E-state index is 0.679. The molecule has 0 aliphatic heterocycles. The van der Waals surface area contributed by atoms with E-state index in [2.05, 4.69) is 26.0 Å². The molecule has 15 heavy (non-hydrogen) atoms. The van der Waals surface area contributed by atoms with Gasteiger partial charge in [-0.2, -0.15) is 0 Å². The lowest BCUT2D eigenvalue weighted by atomic mass is 10.1. The second-order valence-electron chi connectivity index (χ2n) is 3.69. The van der Waals surface area contributed by atoms with Crippen molar-refractivity contribution in [2.45, 2.75) is 13.8 Å². The van der Waals surface area contributed by atoms with Gasteiger partial charge in [-0.25, -0.2) is 0 Å². The Labute approximate surface area is 89.2 Å². The van der Waals surface area contributed by atoms with Crippen LogP contribution in [0.5, 0.6) is 0 Å². The smallest absolute Gasteiger partial charge is 0.166 e. The molecule has 0 saturated carbocycles. The Bertz CT molecular complexity index is 497. The Hall–Kier alpha value is -1.83. The molecule has 2 nitrogen and oxygen atoms in total. The minimum absolute atomic E-state index is 0.679. The van der Waals surface area contributed by atoms with Crippen LogP contribution in [0.4, 0.5) is 0 Å². The molecule has 0 atom stereocenters.